The molecule has 0 saturated carbocycles. The number of benzene rings is 2. The molecule has 4 rings (SSSR count). The molecule has 2 atom stereocenters. The number of cyclic esters (lactones) is 1. The van der Waals surface area contributed by atoms with Crippen LogP contribution < -0.4 is 5.32 Å². The van der Waals surface area contributed by atoms with Crippen molar-refractivity contribution in [1.82, 2.24) is 0 Å². The molecule has 0 spiro atoms. The van der Waals surface area contributed by atoms with Crippen molar-refractivity contribution in [3.8, 4) is 0 Å². The highest BCUT2D eigenvalue weighted by molar-refractivity contribution is 6.08. The molecule has 154 valence electrons. The minimum atomic E-state index is -0.672. The summed E-state index contributed by atoms with van der Waals surface area (Å²) in [6.45, 7) is 4.60. The number of hydrogen-bond acceptors (Lipinski definition) is 6. The van der Waals surface area contributed by atoms with Gasteiger partial charge >= 0.3 is 11.9 Å². The summed E-state index contributed by atoms with van der Waals surface area (Å²) in [4.78, 5) is 30.0. The number of aliphatic imine (C=N–C) groups is 1. The topological polar surface area (TPSA) is 77.0 Å². The lowest BCUT2D eigenvalue weighted by Crippen LogP contribution is -2.35. The van der Waals surface area contributed by atoms with Gasteiger partial charge in [-0.05, 0) is 31.0 Å². The average Bonchev–Trinajstić information content (AvgIpc) is 3.12. The van der Waals surface area contributed by atoms with Crippen LogP contribution in [0.3, 0.4) is 0 Å². The van der Waals surface area contributed by atoms with Crippen LogP contribution in [0.1, 0.15) is 30.9 Å². The first-order valence-corrected chi connectivity index (χ1v) is 10.1. The highest BCUT2D eigenvalue weighted by Gasteiger charge is 2.46. The van der Waals surface area contributed by atoms with E-state index in [1.807, 2.05) is 54.6 Å². The molecule has 0 aromatic heterocycles. The van der Waals surface area contributed by atoms with Crippen molar-refractivity contribution < 1.29 is 19.1 Å². The summed E-state index contributed by atoms with van der Waals surface area (Å²) in [5.74, 6) is -1.98. The van der Waals surface area contributed by atoms with E-state index in [9.17, 15) is 9.59 Å². The molecule has 1 N–H and O–H groups in total. The summed E-state index contributed by atoms with van der Waals surface area (Å²) in [5.41, 5.74) is 4.53. The number of anilines is 1. The molecule has 0 saturated heterocycles. The number of carbonyl (C=O) groups is 2. The van der Waals surface area contributed by atoms with Gasteiger partial charge in [0.2, 0.25) is 0 Å². The minimum Gasteiger partial charge on any atom is -0.465 e. The average molecular weight is 404 g/mol. The van der Waals surface area contributed by atoms with Gasteiger partial charge in [-0.1, -0.05) is 48.5 Å². The summed E-state index contributed by atoms with van der Waals surface area (Å²) < 4.78 is 10.6. The largest absolute Gasteiger partial charge is 0.465 e. The van der Waals surface area contributed by atoms with Crippen molar-refractivity contribution >= 4 is 23.3 Å². The van der Waals surface area contributed by atoms with E-state index in [0.29, 0.717) is 23.5 Å². The van der Waals surface area contributed by atoms with Crippen molar-refractivity contribution in [1.29, 1.82) is 0 Å². The molecular weight excluding hydrogens is 380 g/mol. The summed E-state index contributed by atoms with van der Waals surface area (Å²) in [7, 11) is 0. The molecule has 6 nitrogen and oxygen atoms in total. The van der Waals surface area contributed by atoms with Gasteiger partial charge in [0.1, 0.15) is 12.5 Å². The van der Waals surface area contributed by atoms with E-state index in [4.69, 9.17) is 9.47 Å². The van der Waals surface area contributed by atoms with E-state index < -0.39 is 17.8 Å². The van der Waals surface area contributed by atoms with E-state index in [0.717, 1.165) is 16.8 Å². The van der Waals surface area contributed by atoms with E-state index >= 15 is 0 Å². The standard InChI is InChI=1S/C24H24N2O4/c1-3-29-23(27)20-15(2)26-19-14-30-24(28)22(19)21(20)17-11-7-8-12-18(17)25-13-16-9-5-4-6-10-16/h4-12,20-21,25H,3,13-14H2,1-2H3. The molecule has 0 aliphatic carbocycles. The van der Waals surface area contributed by atoms with Crippen molar-refractivity contribution in [2.75, 3.05) is 18.5 Å². The van der Waals surface area contributed by atoms with Crippen LogP contribution in [0.15, 0.2) is 70.9 Å². The third-order valence-electron chi connectivity index (χ3n) is 5.44. The Morgan fingerprint density at radius 1 is 1.17 bits per heavy atom. The summed E-state index contributed by atoms with van der Waals surface area (Å²) >= 11 is 0. The fourth-order valence-electron chi connectivity index (χ4n) is 4.09. The molecule has 0 radical (unpaired) electrons. The van der Waals surface area contributed by atoms with Crippen molar-refractivity contribution in [3.63, 3.8) is 0 Å². The lowest BCUT2D eigenvalue weighted by molar-refractivity contribution is -0.146. The van der Waals surface area contributed by atoms with E-state index in [2.05, 4.69) is 10.3 Å². The lowest BCUT2D eigenvalue weighted by Gasteiger charge is -2.30. The first-order valence-electron chi connectivity index (χ1n) is 10.1. The molecule has 2 aromatic rings. The Bertz CT molecular complexity index is 1030. The van der Waals surface area contributed by atoms with Crippen LogP contribution in [0.25, 0.3) is 0 Å². The predicted molar refractivity (Wildman–Crippen MR) is 114 cm³/mol. The van der Waals surface area contributed by atoms with Crippen LogP contribution in [0.4, 0.5) is 5.69 Å². The molecule has 2 aromatic carbocycles. The predicted octanol–water partition coefficient (Wildman–Crippen LogP) is 3.85. The summed E-state index contributed by atoms with van der Waals surface area (Å²) in [6, 6.07) is 17.8. The third-order valence-corrected chi connectivity index (χ3v) is 5.44. The lowest BCUT2D eigenvalue weighted by atomic mass is 9.75. The van der Waals surface area contributed by atoms with Gasteiger partial charge in [-0.2, -0.15) is 0 Å². The minimum absolute atomic E-state index is 0.136. The second-order valence-corrected chi connectivity index (χ2v) is 7.32. The zero-order valence-corrected chi connectivity index (χ0v) is 17.1. The first kappa shape index (κ1) is 19.9. The van der Waals surface area contributed by atoms with Crippen molar-refractivity contribution in [2.45, 2.75) is 26.3 Å². The van der Waals surface area contributed by atoms with Gasteiger partial charge in [0.25, 0.3) is 0 Å². The normalized spacial score (nSPS) is 20.3. The molecule has 2 heterocycles. The van der Waals surface area contributed by atoms with Crippen LogP contribution in [-0.2, 0) is 25.6 Å². The van der Waals surface area contributed by atoms with Crippen LogP contribution in [-0.4, -0.2) is 30.9 Å². The number of carbonyl (C=O) groups excluding carboxylic acids is 2. The molecule has 30 heavy (non-hydrogen) atoms. The SMILES string of the molecule is CCOC(=O)C1C(C)=NC2=C(C(=O)OC2)C1c1ccccc1NCc1ccccc1. The van der Waals surface area contributed by atoms with Gasteiger partial charge in [0.05, 0.1) is 17.9 Å². The smallest absolute Gasteiger partial charge is 0.337 e. The molecule has 2 aliphatic heterocycles. The van der Waals surface area contributed by atoms with Gasteiger partial charge < -0.3 is 14.8 Å². The maximum Gasteiger partial charge on any atom is 0.337 e. The summed E-state index contributed by atoms with van der Waals surface area (Å²) in [6.07, 6.45) is 0. The van der Waals surface area contributed by atoms with E-state index in [-0.39, 0.29) is 19.2 Å². The zero-order valence-electron chi connectivity index (χ0n) is 17.1. The van der Waals surface area contributed by atoms with E-state index in [1.54, 1.807) is 13.8 Å². The van der Waals surface area contributed by atoms with Gasteiger partial charge in [0, 0.05) is 23.9 Å². The maximum absolute atomic E-state index is 12.9. The van der Waals surface area contributed by atoms with Gasteiger partial charge in [-0.25, -0.2) is 4.79 Å². The molecule has 6 heteroatoms. The quantitative estimate of drug-likeness (QED) is 0.740. The number of ether oxygens (including phenoxy) is 2. The van der Waals surface area contributed by atoms with Crippen molar-refractivity contribution in [3.05, 3.63) is 77.0 Å². The third kappa shape index (κ3) is 3.73. The molecule has 0 bridgehead atoms. The van der Waals surface area contributed by atoms with Crippen LogP contribution >= 0.6 is 0 Å². The fraction of sp³-hybridized carbons (Fsp3) is 0.292. The van der Waals surface area contributed by atoms with Gasteiger partial charge in [-0.3, -0.25) is 9.79 Å². The highest BCUT2D eigenvalue weighted by Crippen LogP contribution is 2.44. The number of nitrogens with zero attached hydrogens (tertiary/aromatic N) is 1. The van der Waals surface area contributed by atoms with Crippen LogP contribution in [0.2, 0.25) is 0 Å². The Morgan fingerprint density at radius 3 is 2.67 bits per heavy atom. The molecule has 2 unspecified atom stereocenters. The summed E-state index contributed by atoms with van der Waals surface area (Å²) in [5, 5.41) is 3.46. The zero-order chi connectivity index (χ0) is 21.1. The Labute approximate surface area is 175 Å². The maximum atomic E-state index is 12.9. The van der Waals surface area contributed by atoms with E-state index in [1.165, 1.54) is 0 Å². The molecular formula is C24H24N2O4. The molecule has 2 aliphatic rings. The number of rotatable bonds is 6. The van der Waals surface area contributed by atoms with Crippen LogP contribution in [0, 0.1) is 5.92 Å². The monoisotopic (exact) mass is 404 g/mol. The number of para-hydroxylation sites is 1. The van der Waals surface area contributed by atoms with Crippen molar-refractivity contribution in [2.24, 2.45) is 10.9 Å². The second kappa shape index (κ2) is 8.53. The number of hydrogen-bond donors (Lipinski definition) is 1. The second-order valence-electron chi connectivity index (χ2n) is 7.32. The van der Waals surface area contributed by atoms with Crippen LogP contribution in [0.5, 0.6) is 0 Å². The highest BCUT2D eigenvalue weighted by atomic mass is 16.5. The number of esters is 2. The Hall–Kier alpha value is -3.41. The molecule has 0 fully saturated rings. The fourth-order valence-corrected chi connectivity index (χ4v) is 4.09. The molecule has 0 amide bonds. The Kier molecular flexibility index (Phi) is 5.65. The Morgan fingerprint density at radius 2 is 1.90 bits per heavy atom. The van der Waals surface area contributed by atoms with Gasteiger partial charge in [0.15, 0.2) is 0 Å². The van der Waals surface area contributed by atoms with Gasteiger partial charge in [-0.15, -0.1) is 0 Å². The number of nitrogens with one attached hydrogen (secondary N) is 1. The Balaban J connectivity index is 1.75. The first-order chi connectivity index (χ1) is 14.6.